The Labute approximate surface area is 114 Å². The molecular weight excluding hydrogens is 240 g/mol. The molecule has 1 aromatic rings. The molecule has 2 rings (SSSR count). The van der Waals surface area contributed by atoms with Crippen LogP contribution in [-0.4, -0.2) is 17.7 Å². The lowest BCUT2D eigenvalue weighted by Crippen LogP contribution is -2.42. The van der Waals surface area contributed by atoms with Gasteiger partial charge in [-0.1, -0.05) is 44.9 Å². The summed E-state index contributed by atoms with van der Waals surface area (Å²) in [6.07, 6.45) is 3.28. The van der Waals surface area contributed by atoms with Crippen molar-refractivity contribution in [3.8, 4) is 5.75 Å². The van der Waals surface area contributed by atoms with Crippen LogP contribution in [0.2, 0.25) is 0 Å². The van der Waals surface area contributed by atoms with E-state index in [2.05, 4.69) is 13.8 Å². The van der Waals surface area contributed by atoms with Crippen LogP contribution in [0.4, 0.5) is 0 Å². The predicted molar refractivity (Wildman–Crippen MR) is 74.4 cm³/mol. The van der Waals surface area contributed by atoms with Gasteiger partial charge in [-0.3, -0.25) is 4.79 Å². The van der Waals surface area contributed by atoms with Gasteiger partial charge in [-0.2, -0.15) is 0 Å². The zero-order valence-corrected chi connectivity index (χ0v) is 11.7. The molecule has 0 radical (unpaired) electrons. The fourth-order valence-corrected chi connectivity index (χ4v) is 2.68. The van der Waals surface area contributed by atoms with Gasteiger partial charge in [0.15, 0.2) is 0 Å². The van der Waals surface area contributed by atoms with Gasteiger partial charge in [-0.05, 0) is 30.4 Å². The Morgan fingerprint density at radius 1 is 1.42 bits per heavy atom. The molecular formula is C16H22O3. The maximum absolute atomic E-state index is 11.7. The topological polar surface area (TPSA) is 46.5 Å². The van der Waals surface area contributed by atoms with E-state index in [1.54, 1.807) is 0 Å². The Hall–Kier alpha value is -1.51. The Balaban J connectivity index is 2.12. The molecule has 104 valence electrons. The highest BCUT2D eigenvalue weighted by molar-refractivity contribution is 5.76. The first kappa shape index (κ1) is 13.9. The number of rotatable bonds is 5. The summed E-state index contributed by atoms with van der Waals surface area (Å²) in [7, 11) is 0. The molecule has 0 saturated heterocycles. The molecule has 1 aliphatic rings. The summed E-state index contributed by atoms with van der Waals surface area (Å²) < 4.78 is 5.68. The first-order valence-electron chi connectivity index (χ1n) is 6.98. The molecule has 0 aromatic heterocycles. The minimum absolute atomic E-state index is 0.289. The highest BCUT2D eigenvalue weighted by Crippen LogP contribution is 2.38. The number of carboxylic acid groups (broad SMARTS) is 1. The average molecular weight is 262 g/mol. The summed E-state index contributed by atoms with van der Waals surface area (Å²) >= 11 is 0. The Kier molecular flexibility index (Phi) is 4.13. The highest BCUT2D eigenvalue weighted by atomic mass is 16.5. The number of aliphatic carboxylic acids is 1. The molecule has 1 unspecified atom stereocenters. The summed E-state index contributed by atoms with van der Waals surface area (Å²) in [4.78, 5) is 11.7. The van der Waals surface area contributed by atoms with Gasteiger partial charge in [-0.25, -0.2) is 0 Å². The predicted octanol–water partition coefficient (Wildman–Crippen LogP) is 3.52. The van der Waals surface area contributed by atoms with Gasteiger partial charge < -0.3 is 9.84 Å². The van der Waals surface area contributed by atoms with E-state index in [4.69, 9.17) is 4.74 Å². The minimum atomic E-state index is -0.747. The summed E-state index contributed by atoms with van der Waals surface area (Å²) in [6.45, 7) is 4.62. The number of benzene rings is 1. The fourth-order valence-electron chi connectivity index (χ4n) is 2.68. The molecule has 1 N–H and O–H groups in total. The third-order valence-electron chi connectivity index (χ3n) is 3.90. The van der Waals surface area contributed by atoms with Gasteiger partial charge in [0.2, 0.25) is 0 Å². The molecule has 1 aliphatic heterocycles. The monoisotopic (exact) mass is 262 g/mol. The van der Waals surface area contributed by atoms with Crippen LogP contribution in [0.1, 0.15) is 38.7 Å². The van der Waals surface area contributed by atoms with E-state index >= 15 is 0 Å². The van der Waals surface area contributed by atoms with Crippen molar-refractivity contribution in [1.82, 2.24) is 0 Å². The first-order chi connectivity index (χ1) is 9.03. The van der Waals surface area contributed by atoms with Crippen molar-refractivity contribution in [3.63, 3.8) is 0 Å². The largest absolute Gasteiger partial charge is 0.492 e. The maximum atomic E-state index is 11.7. The minimum Gasteiger partial charge on any atom is -0.492 e. The molecule has 0 saturated carbocycles. The van der Waals surface area contributed by atoms with Crippen molar-refractivity contribution in [2.24, 2.45) is 11.3 Å². The van der Waals surface area contributed by atoms with Crippen LogP contribution in [0.25, 0.3) is 0 Å². The fraction of sp³-hybridized carbons (Fsp3) is 0.562. The van der Waals surface area contributed by atoms with Crippen LogP contribution in [0.3, 0.4) is 0 Å². The maximum Gasteiger partial charge on any atom is 0.313 e. The number of hydrogen-bond acceptors (Lipinski definition) is 2. The van der Waals surface area contributed by atoms with Gasteiger partial charge in [0.1, 0.15) is 17.8 Å². The van der Waals surface area contributed by atoms with Crippen molar-refractivity contribution in [2.75, 3.05) is 6.61 Å². The number of hydrogen-bond donors (Lipinski definition) is 1. The normalized spacial score (nSPS) is 21.8. The van der Waals surface area contributed by atoms with Gasteiger partial charge in [0.05, 0.1) is 0 Å². The zero-order chi connectivity index (χ0) is 13.9. The Morgan fingerprint density at radius 3 is 2.84 bits per heavy atom. The second-order valence-electron chi connectivity index (χ2n) is 5.94. The van der Waals surface area contributed by atoms with Gasteiger partial charge >= 0.3 is 5.97 Å². The van der Waals surface area contributed by atoms with E-state index in [9.17, 15) is 9.90 Å². The third kappa shape index (κ3) is 3.09. The molecule has 0 fully saturated rings. The molecule has 0 spiro atoms. The molecule has 0 amide bonds. The molecule has 0 aliphatic carbocycles. The lowest BCUT2D eigenvalue weighted by atomic mass is 9.76. The van der Waals surface area contributed by atoms with Crippen molar-refractivity contribution >= 4 is 5.97 Å². The van der Waals surface area contributed by atoms with E-state index in [0.717, 1.165) is 24.2 Å². The number of para-hydroxylation sites is 1. The van der Waals surface area contributed by atoms with Crippen molar-refractivity contribution in [3.05, 3.63) is 29.8 Å². The number of fused-ring (bicyclic) bond motifs is 1. The van der Waals surface area contributed by atoms with Crippen molar-refractivity contribution < 1.29 is 14.6 Å². The van der Waals surface area contributed by atoms with Gasteiger partial charge in [0, 0.05) is 0 Å². The van der Waals surface area contributed by atoms with Crippen LogP contribution in [0, 0.1) is 11.3 Å². The Bertz CT molecular complexity index is 453. The molecule has 1 heterocycles. The number of carboxylic acids is 1. The lowest BCUT2D eigenvalue weighted by Gasteiger charge is -2.34. The average Bonchev–Trinajstić information content (AvgIpc) is 2.38. The lowest BCUT2D eigenvalue weighted by molar-refractivity contribution is -0.152. The van der Waals surface area contributed by atoms with Crippen LogP contribution in [-0.2, 0) is 11.2 Å². The summed E-state index contributed by atoms with van der Waals surface area (Å²) in [6, 6.07) is 7.74. The molecule has 3 nitrogen and oxygen atoms in total. The Morgan fingerprint density at radius 2 is 2.16 bits per heavy atom. The van der Waals surface area contributed by atoms with Crippen LogP contribution in [0.15, 0.2) is 24.3 Å². The van der Waals surface area contributed by atoms with E-state index in [1.165, 1.54) is 0 Å². The standard InChI is InChI=1S/C16H22O3/c1-12(2)6-5-9-16(15(17)18)10-13-7-3-4-8-14(13)19-11-16/h3-4,7-8,12H,5-6,9-11H2,1-2H3,(H,17,18). The van der Waals surface area contributed by atoms with E-state index in [-0.39, 0.29) is 6.61 Å². The smallest absolute Gasteiger partial charge is 0.313 e. The first-order valence-corrected chi connectivity index (χ1v) is 6.98. The quantitative estimate of drug-likeness (QED) is 0.883. The third-order valence-corrected chi connectivity index (χ3v) is 3.90. The second kappa shape index (κ2) is 5.64. The van der Waals surface area contributed by atoms with Crippen molar-refractivity contribution in [1.29, 1.82) is 0 Å². The van der Waals surface area contributed by atoms with Crippen LogP contribution >= 0.6 is 0 Å². The van der Waals surface area contributed by atoms with Crippen molar-refractivity contribution in [2.45, 2.75) is 39.5 Å². The zero-order valence-electron chi connectivity index (χ0n) is 11.7. The molecule has 1 atom stereocenters. The SMILES string of the molecule is CC(C)CCCC1(C(=O)O)COc2ccccc2C1. The van der Waals surface area contributed by atoms with E-state index < -0.39 is 11.4 Å². The van der Waals surface area contributed by atoms with Gasteiger partial charge in [-0.15, -0.1) is 0 Å². The molecule has 1 aromatic carbocycles. The summed E-state index contributed by atoms with van der Waals surface area (Å²) in [5.41, 5.74) is 0.268. The summed E-state index contributed by atoms with van der Waals surface area (Å²) in [5, 5.41) is 9.60. The van der Waals surface area contributed by atoms with Gasteiger partial charge in [0.25, 0.3) is 0 Å². The van der Waals surface area contributed by atoms with E-state index in [0.29, 0.717) is 18.8 Å². The number of carbonyl (C=O) groups is 1. The van der Waals surface area contributed by atoms with Crippen LogP contribution in [0.5, 0.6) is 5.75 Å². The molecule has 19 heavy (non-hydrogen) atoms. The summed E-state index contributed by atoms with van der Waals surface area (Å²) in [5.74, 6) is 0.719. The number of ether oxygens (including phenoxy) is 1. The second-order valence-corrected chi connectivity index (χ2v) is 5.94. The van der Waals surface area contributed by atoms with E-state index in [1.807, 2.05) is 24.3 Å². The molecule has 3 heteroatoms. The highest BCUT2D eigenvalue weighted by Gasteiger charge is 2.42. The molecule has 0 bridgehead atoms. The van der Waals surface area contributed by atoms with Crippen LogP contribution < -0.4 is 4.74 Å².